The zero-order valence-corrected chi connectivity index (χ0v) is 19.3. The smallest absolute Gasteiger partial charge is 0.0839 e. The molecule has 0 saturated heterocycles. The quantitative estimate of drug-likeness (QED) is 0.734. The highest BCUT2D eigenvalue weighted by Gasteiger charge is 2.64. The predicted octanol–water partition coefficient (Wildman–Crippen LogP) is 4.97. The lowest BCUT2D eigenvalue weighted by molar-refractivity contribution is -0.189. The fourth-order valence-corrected chi connectivity index (χ4v) is 9.04. The lowest BCUT2D eigenvalue weighted by Crippen LogP contribution is -2.63. The third-order valence-electron chi connectivity index (χ3n) is 10.3. The molecule has 0 heterocycles. The minimum atomic E-state index is -0.266. The number of fused-ring (bicyclic) bond motifs is 5. The van der Waals surface area contributed by atoms with Crippen LogP contribution >= 0.6 is 0 Å². The molecule has 4 unspecified atom stereocenters. The molecule has 4 aliphatic rings. The summed E-state index contributed by atoms with van der Waals surface area (Å²) in [5.74, 6) is 4.10. The zero-order valence-electron chi connectivity index (χ0n) is 19.3. The number of ether oxygens (including phenoxy) is 1. The van der Waals surface area contributed by atoms with E-state index in [4.69, 9.17) is 4.74 Å². The van der Waals surface area contributed by atoms with Gasteiger partial charge in [-0.2, -0.15) is 0 Å². The van der Waals surface area contributed by atoms with E-state index in [2.05, 4.69) is 46.7 Å². The molecule has 1 N–H and O–H groups in total. The van der Waals surface area contributed by atoms with Crippen LogP contribution in [0, 0.1) is 40.4 Å². The second kappa shape index (κ2) is 7.54. The SMILES string of the molecule is CCOC1C[C@@]2(C)C(CC[C@H]3[C@@H]4CC[C@H](CC)[C@@]4(C)CC(N(C)C)[C@@H]32)CC1O. The van der Waals surface area contributed by atoms with Crippen molar-refractivity contribution in [3.8, 4) is 0 Å². The normalized spacial score (nSPS) is 53.6. The van der Waals surface area contributed by atoms with E-state index in [0.717, 1.165) is 36.5 Å². The summed E-state index contributed by atoms with van der Waals surface area (Å²) in [6.07, 6.45) is 10.1. The molecule has 0 aliphatic heterocycles. The minimum absolute atomic E-state index is 0.0353. The maximum absolute atomic E-state index is 10.7. The van der Waals surface area contributed by atoms with Crippen molar-refractivity contribution in [3.05, 3.63) is 0 Å². The molecule has 4 fully saturated rings. The fraction of sp³-hybridized carbons (Fsp3) is 1.00. The first-order chi connectivity index (χ1) is 13.3. The van der Waals surface area contributed by atoms with E-state index in [0.29, 0.717) is 29.4 Å². The predicted molar refractivity (Wildman–Crippen MR) is 115 cm³/mol. The van der Waals surface area contributed by atoms with Gasteiger partial charge in [-0.1, -0.05) is 27.2 Å². The van der Waals surface area contributed by atoms with Crippen molar-refractivity contribution >= 4 is 0 Å². The summed E-state index contributed by atoms with van der Waals surface area (Å²) in [5, 5.41) is 10.7. The molecule has 4 aliphatic carbocycles. The summed E-state index contributed by atoms with van der Waals surface area (Å²) in [4.78, 5) is 2.57. The molecule has 0 aromatic heterocycles. The Morgan fingerprint density at radius 3 is 2.39 bits per heavy atom. The van der Waals surface area contributed by atoms with Crippen molar-refractivity contribution in [1.29, 1.82) is 0 Å². The first-order valence-corrected chi connectivity index (χ1v) is 12.2. The van der Waals surface area contributed by atoms with E-state index >= 15 is 0 Å². The van der Waals surface area contributed by atoms with Crippen LogP contribution in [-0.4, -0.2) is 49.0 Å². The van der Waals surface area contributed by atoms with Crippen molar-refractivity contribution in [1.82, 2.24) is 4.90 Å². The van der Waals surface area contributed by atoms with Crippen LogP contribution in [0.25, 0.3) is 0 Å². The van der Waals surface area contributed by atoms with Gasteiger partial charge in [0.1, 0.15) is 0 Å². The van der Waals surface area contributed by atoms with Crippen molar-refractivity contribution in [2.24, 2.45) is 40.4 Å². The molecule has 0 aromatic carbocycles. The number of hydrogen-bond acceptors (Lipinski definition) is 3. The van der Waals surface area contributed by atoms with Crippen molar-refractivity contribution in [2.45, 2.75) is 97.3 Å². The Kier molecular flexibility index (Phi) is 5.69. The average molecular weight is 392 g/mol. The van der Waals surface area contributed by atoms with Crippen LogP contribution in [0.1, 0.15) is 79.1 Å². The van der Waals surface area contributed by atoms with Gasteiger partial charge in [0.2, 0.25) is 0 Å². The van der Waals surface area contributed by atoms with Gasteiger partial charge >= 0.3 is 0 Å². The molecular formula is C25H45NO2. The largest absolute Gasteiger partial charge is 0.390 e. The Labute approximate surface area is 173 Å². The maximum Gasteiger partial charge on any atom is 0.0839 e. The highest BCUT2D eigenvalue weighted by Crippen LogP contribution is 2.68. The highest BCUT2D eigenvalue weighted by molar-refractivity contribution is 5.14. The zero-order chi connectivity index (χ0) is 20.3. The molecule has 0 amide bonds. The monoisotopic (exact) mass is 391 g/mol. The second-order valence-corrected chi connectivity index (χ2v) is 11.5. The van der Waals surface area contributed by atoms with Crippen LogP contribution in [0.3, 0.4) is 0 Å². The van der Waals surface area contributed by atoms with Crippen LogP contribution in [-0.2, 0) is 4.74 Å². The summed E-state index contributed by atoms with van der Waals surface area (Å²) in [6, 6.07) is 0.670. The Morgan fingerprint density at radius 1 is 1.00 bits per heavy atom. The number of nitrogens with zero attached hydrogens (tertiary/aromatic N) is 1. The van der Waals surface area contributed by atoms with Gasteiger partial charge in [-0.25, -0.2) is 0 Å². The second-order valence-electron chi connectivity index (χ2n) is 11.5. The molecule has 0 radical (unpaired) electrons. The van der Waals surface area contributed by atoms with E-state index in [9.17, 15) is 5.11 Å². The summed E-state index contributed by atoms with van der Waals surface area (Å²) < 4.78 is 6.06. The summed E-state index contributed by atoms with van der Waals surface area (Å²) >= 11 is 0. The number of hydrogen-bond donors (Lipinski definition) is 1. The standard InChI is InChI=1S/C25H45NO2/c1-7-16-10-12-19-18-11-9-17-13-21(27)22(28-8-2)15-25(17,4)23(18)20(26(5)6)14-24(16,19)3/h16-23,27H,7-15H2,1-6H3/t16-,17?,18-,19-,20?,21?,22?,23+,24+,25-/m0/s1. The first-order valence-electron chi connectivity index (χ1n) is 12.2. The van der Waals surface area contributed by atoms with Gasteiger partial charge in [0.25, 0.3) is 0 Å². The molecule has 3 nitrogen and oxygen atoms in total. The Balaban J connectivity index is 1.70. The Bertz CT molecular complexity index is 565. The average Bonchev–Trinajstić information content (AvgIpc) is 2.98. The highest BCUT2D eigenvalue weighted by atomic mass is 16.5. The molecule has 28 heavy (non-hydrogen) atoms. The molecular weight excluding hydrogens is 346 g/mol. The van der Waals surface area contributed by atoms with E-state index in [1.54, 1.807) is 0 Å². The van der Waals surface area contributed by atoms with Gasteiger partial charge < -0.3 is 14.7 Å². The van der Waals surface area contributed by atoms with Gasteiger partial charge in [-0.3, -0.25) is 0 Å². The summed E-state index contributed by atoms with van der Waals surface area (Å²) in [6.45, 7) is 10.4. The third kappa shape index (κ3) is 3.02. The molecule has 3 heteroatoms. The minimum Gasteiger partial charge on any atom is -0.390 e. The third-order valence-corrected chi connectivity index (χ3v) is 10.3. The lowest BCUT2D eigenvalue weighted by Gasteiger charge is -2.65. The van der Waals surface area contributed by atoms with E-state index in [1.807, 2.05) is 0 Å². The van der Waals surface area contributed by atoms with Gasteiger partial charge in [0.05, 0.1) is 12.2 Å². The molecule has 0 bridgehead atoms. The van der Waals surface area contributed by atoms with Gasteiger partial charge in [0, 0.05) is 12.6 Å². The van der Waals surface area contributed by atoms with Crippen LogP contribution < -0.4 is 0 Å². The van der Waals surface area contributed by atoms with E-state index < -0.39 is 0 Å². The van der Waals surface area contributed by atoms with Crippen LogP contribution in [0.2, 0.25) is 0 Å². The number of aliphatic hydroxyl groups excluding tert-OH is 1. The number of aliphatic hydroxyl groups is 1. The number of rotatable bonds is 4. The lowest BCUT2D eigenvalue weighted by atomic mass is 9.43. The maximum atomic E-state index is 10.7. The van der Waals surface area contributed by atoms with Crippen molar-refractivity contribution < 1.29 is 9.84 Å². The Morgan fingerprint density at radius 2 is 1.75 bits per heavy atom. The molecule has 0 aromatic rings. The van der Waals surface area contributed by atoms with Crippen molar-refractivity contribution in [3.63, 3.8) is 0 Å². The van der Waals surface area contributed by atoms with Gasteiger partial charge in [0.15, 0.2) is 0 Å². The Hall–Kier alpha value is -0.120. The summed E-state index contributed by atoms with van der Waals surface area (Å²) in [5.41, 5.74) is 0.837. The molecule has 10 atom stereocenters. The van der Waals surface area contributed by atoms with Crippen LogP contribution in [0.4, 0.5) is 0 Å². The van der Waals surface area contributed by atoms with Crippen molar-refractivity contribution in [2.75, 3.05) is 20.7 Å². The first kappa shape index (κ1) is 21.1. The topological polar surface area (TPSA) is 32.7 Å². The molecule has 4 rings (SSSR count). The van der Waals surface area contributed by atoms with E-state index in [-0.39, 0.29) is 12.2 Å². The molecule has 162 valence electrons. The van der Waals surface area contributed by atoms with E-state index in [1.165, 1.54) is 38.5 Å². The molecule has 0 spiro atoms. The molecule has 4 saturated carbocycles. The fourth-order valence-electron chi connectivity index (χ4n) is 9.04. The van der Waals surface area contributed by atoms with Gasteiger partial charge in [-0.05, 0) is 106 Å². The van der Waals surface area contributed by atoms with Gasteiger partial charge in [-0.15, -0.1) is 0 Å². The van der Waals surface area contributed by atoms with Crippen LogP contribution in [0.15, 0.2) is 0 Å². The summed E-state index contributed by atoms with van der Waals surface area (Å²) in [7, 11) is 4.65. The van der Waals surface area contributed by atoms with Crippen LogP contribution in [0.5, 0.6) is 0 Å².